The van der Waals surface area contributed by atoms with Gasteiger partial charge in [0, 0.05) is 12.5 Å². The molecule has 0 unspecified atom stereocenters. The van der Waals surface area contributed by atoms with Crippen molar-refractivity contribution in [2.24, 2.45) is 0 Å². The van der Waals surface area contributed by atoms with Crippen LogP contribution in [-0.4, -0.2) is 33.9 Å². The molecule has 10 heavy (non-hydrogen) atoms. The van der Waals surface area contributed by atoms with Gasteiger partial charge in [-0.3, -0.25) is 0 Å². The summed E-state index contributed by atoms with van der Waals surface area (Å²) in [4.78, 5) is 0. The molecule has 60 valence electrons. The SMILES string of the molecule is OC[C@@H]1CCC(O)(O)NN1. The normalized spacial score (nSPS) is 32.1. The second kappa shape index (κ2) is 2.81. The molecule has 0 aliphatic carbocycles. The Bertz CT molecular complexity index is 107. The zero-order chi connectivity index (χ0) is 7.61. The monoisotopic (exact) mass is 148 g/mol. The molecule has 0 spiro atoms. The minimum atomic E-state index is -1.81. The van der Waals surface area contributed by atoms with E-state index in [1.165, 1.54) is 0 Å². The number of rotatable bonds is 1. The fraction of sp³-hybridized carbons (Fsp3) is 1.00. The molecule has 0 radical (unpaired) electrons. The minimum Gasteiger partial charge on any atom is -0.395 e. The molecule has 1 aliphatic rings. The molecule has 0 aromatic rings. The largest absolute Gasteiger partial charge is 0.395 e. The van der Waals surface area contributed by atoms with Crippen molar-refractivity contribution in [1.82, 2.24) is 10.9 Å². The van der Waals surface area contributed by atoms with Gasteiger partial charge in [0.1, 0.15) is 0 Å². The summed E-state index contributed by atoms with van der Waals surface area (Å²) >= 11 is 0. The van der Waals surface area contributed by atoms with E-state index in [0.29, 0.717) is 6.42 Å². The molecule has 0 aromatic carbocycles. The van der Waals surface area contributed by atoms with Crippen molar-refractivity contribution in [2.45, 2.75) is 24.8 Å². The Kier molecular flexibility index (Phi) is 2.22. The van der Waals surface area contributed by atoms with E-state index in [0.717, 1.165) is 0 Å². The summed E-state index contributed by atoms with van der Waals surface area (Å²) in [5.41, 5.74) is 4.82. The minimum absolute atomic E-state index is 0.00306. The molecular formula is C5H12N2O3. The molecule has 5 nitrogen and oxygen atoms in total. The number of aliphatic hydroxyl groups is 3. The molecule has 0 saturated carbocycles. The maximum Gasteiger partial charge on any atom is 0.235 e. The van der Waals surface area contributed by atoms with Crippen molar-refractivity contribution in [1.29, 1.82) is 0 Å². The van der Waals surface area contributed by atoms with E-state index in [4.69, 9.17) is 15.3 Å². The molecule has 0 aromatic heterocycles. The van der Waals surface area contributed by atoms with Gasteiger partial charge < -0.3 is 15.3 Å². The van der Waals surface area contributed by atoms with Crippen LogP contribution in [0.15, 0.2) is 0 Å². The zero-order valence-electron chi connectivity index (χ0n) is 5.54. The molecular weight excluding hydrogens is 136 g/mol. The second-order valence-electron chi connectivity index (χ2n) is 2.50. The highest BCUT2D eigenvalue weighted by Crippen LogP contribution is 2.11. The maximum absolute atomic E-state index is 8.89. The maximum atomic E-state index is 8.89. The smallest absolute Gasteiger partial charge is 0.235 e. The summed E-state index contributed by atoms with van der Waals surface area (Å²) in [6, 6.07) is -0.0765. The average molecular weight is 148 g/mol. The Balaban J connectivity index is 2.31. The Labute approximate surface area is 58.6 Å². The van der Waals surface area contributed by atoms with Crippen molar-refractivity contribution in [3.05, 3.63) is 0 Å². The molecule has 1 heterocycles. The highest BCUT2D eigenvalue weighted by molar-refractivity contribution is 4.74. The highest BCUT2D eigenvalue weighted by atomic mass is 16.5. The van der Waals surface area contributed by atoms with Gasteiger partial charge in [-0.1, -0.05) is 0 Å². The van der Waals surface area contributed by atoms with Crippen LogP contribution < -0.4 is 10.9 Å². The lowest BCUT2D eigenvalue weighted by Crippen LogP contribution is -2.60. The van der Waals surface area contributed by atoms with Gasteiger partial charge in [-0.2, -0.15) is 0 Å². The van der Waals surface area contributed by atoms with Gasteiger partial charge in [-0.25, -0.2) is 10.9 Å². The van der Waals surface area contributed by atoms with Crippen LogP contribution in [0.4, 0.5) is 0 Å². The number of nitrogens with one attached hydrogen (secondary N) is 2. The van der Waals surface area contributed by atoms with Crippen LogP contribution >= 0.6 is 0 Å². The van der Waals surface area contributed by atoms with Crippen molar-refractivity contribution >= 4 is 0 Å². The molecule has 1 aliphatic heterocycles. The zero-order valence-corrected chi connectivity index (χ0v) is 5.54. The molecule has 1 fully saturated rings. The summed E-state index contributed by atoms with van der Waals surface area (Å²) in [5, 5.41) is 26.4. The summed E-state index contributed by atoms with van der Waals surface area (Å²) < 4.78 is 0. The Hall–Kier alpha value is -0.200. The fourth-order valence-electron chi connectivity index (χ4n) is 0.865. The first-order valence-corrected chi connectivity index (χ1v) is 3.22. The van der Waals surface area contributed by atoms with Crippen molar-refractivity contribution in [2.75, 3.05) is 6.61 Å². The van der Waals surface area contributed by atoms with E-state index < -0.39 is 5.91 Å². The predicted molar refractivity (Wildman–Crippen MR) is 33.5 cm³/mol. The van der Waals surface area contributed by atoms with Gasteiger partial charge in [0.2, 0.25) is 5.91 Å². The van der Waals surface area contributed by atoms with Gasteiger partial charge >= 0.3 is 0 Å². The van der Waals surface area contributed by atoms with E-state index in [2.05, 4.69) is 10.9 Å². The number of aliphatic hydroxyl groups excluding tert-OH is 1. The summed E-state index contributed by atoms with van der Waals surface area (Å²) in [7, 11) is 0. The number of hydrogen-bond donors (Lipinski definition) is 5. The van der Waals surface area contributed by atoms with Crippen LogP contribution in [0.3, 0.4) is 0 Å². The summed E-state index contributed by atoms with van der Waals surface area (Å²) in [5.74, 6) is -1.81. The molecule has 0 bridgehead atoms. The first kappa shape index (κ1) is 7.90. The third-order valence-corrected chi connectivity index (χ3v) is 1.54. The second-order valence-corrected chi connectivity index (χ2v) is 2.50. The molecule has 1 rings (SSSR count). The lowest BCUT2D eigenvalue weighted by molar-refractivity contribution is -0.214. The lowest BCUT2D eigenvalue weighted by Gasteiger charge is -2.32. The molecule has 5 heteroatoms. The van der Waals surface area contributed by atoms with Crippen LogP contribution in [0.1, 0.15) is 12.8 Å². The van der Waals surface area contributed by atoms with E-state index >= 15 is 0 Å². The van der Waals surface area contributed by atoms with Crippen LogP contribution in [0.25, 0.3) is 0 Å². The van der Waals surface area contributed by atoms with Crippen molar-refractivity contribution < 1.29 is 15.3 Å². The van der Waals surface area contributed by atoms with Crippen LogP contribution in [0, 0.1) is 0 Å². The third kappa shape index (κ3) is 1.89. The Morgan fingerprint density at radius 3 is 2.60 bits per heavy atom. The molecule has 5 N–H and O–H groups in total. The van der Waals surface area contributed by atoms with Crippen LogP contribution in [0.2, 0.25) is 0 Å². The van der Waals surface area contributed by atoms with Gasteiger partial charge in [-0.05, 0) is 6.42 Å². The van der Waals surface area contributed by atoms with Gasteiger partial charge in [0.15, 0.2) is 0 Å². The van der Waals surface area contributed by atoms with E-state index in [1.807, 2.05) is 0 Å². The Morgan fingerprint density at radius 1 is 1.50 bits per heavy atom. The standard InChI is InChI=1S/C5H12N2O3/c8-3-4-1-2-5(9,10)7-6-4/h4,6-10H,1-3H2/t4-/m0/s1. The highest BCUT2D eigenvalue weighted by Gasteiger charge is 2.29. The fourth-order valence-corrected chi connectivity index (χ4v) is 0.865. The summed E-state index contributed by atoms with van der Waals surface area (Å²) in [6.45, 7) is 0.00306. The first-order chi connectivity index (χ1) is 4.64. The quantitative estimate of drug-likeness (QED) is 0.274. The van der Waals surface area contributed by atoms with Crippen molar-refractivity contribution in [3.8, 4) is 0 Å². The van der Waals surface area contributed by atoms with Gasteiger partial charge in [-0.15, -0.1) is 0 Å². The third-order valence-electron chi connectivity index (χ3n) is 1.54. The predicted octanol–water partition coefficient (Wildman–Crippen LogP) is -2.13. The van der Waals surface area contributed by atoms with E-state index in [-0.39, 0.29) is 19.1 Å². The number of hydrogen-bond acceptors (Lipinski definition) is 5. The van der Waals surface area contributed by atoms with Crippen molar-refractivity contribution in [3.63, 3.8) is 0 Å². The van der Waals surface area contributed by atoms with Gasteiger partial charge in [0.25, 0.3) is 0 Å². The van der Waals surface area contributed by atoms with E-state index in [9.17, 15) is 0 Å². The number of hydrazine groups is 1. The summed E-state index contributed by atoms with van der Waals surface area (Å²) in [6.07, 6.45) is 0.779. The molecule has 1 atom stereocenters. The first-order valence-electron chi connectivity index (χ1n) is 3.22. The topological polar surface area (TPSA) is 84.8 Å². The average Bonchev–Trinajstić information content (AvgIpc) is 1.88. The Morgan fingerprint density at radius 2 is 2.20 bits per heavy atom. The lowest BCUT2D eigenvalue weighted by atomic mass is 10.1. The molecule has 1 saturated heterocycles. The van der Waals surface area contributed by atoms with Crippen LogP contribution in [-0.2, 0) is 0 Å². The van der Waals surface area contributed by atoms with Crippen LogP contribution in [0.5, 0.6) is 0 Å². The van der Waals surface area contributed by atoms with E-state index in [1.54, 1.807) is 0 Å². The molecule has 0 amide bonds. The van der Waals surface area contributed by atoms with Gasteiger partial charge in [0.05, 0.1) is 6.61 Å².